The number of carbonyl (C=O) groups excluding carboxylic acids is 1. The maximum absolute atomic E-state index is 11.9. The number of hydrogen-bond donors (Lipinski definition) is 1. The number of anilines is 1. The summed E-state index contributed by atoms with van der Waals surface area (Å²) in [7, 11) is 1.32. The van der Waals surface area contributed by atoms with E-state index in [1.54, 1.807) is 6.07 Å². The van der Waals surface area contributed by atoms with Gasteiger partial charge in [-0.15, -0.1) is 0 Å². The van der Waals surface area contributed by atoms with Crippen molar-refractivity contribution in [2.75, 3.05) is 25.6 Å². The summed E-state index contributed by atoms with van der Waals surface area (Å²) in [4.78, 5) is 11.9. The molecule has 0 aliphatic heterocycles. The zero-order valence-corrected chi connectivity index (χ0v) is 16.0. The fourth-order valence-electron chi connectivity index (χ4n) is 2.35. The second kappa shape index (κ2) is 8.97. The van der Waals surface area contributed by atoms with E-state index in [1.165, 1.54) is 13.2 Å². The van der Waals surface area contributed by atoms with Crippen molar-refractivity contribution in [3.05, 3.63) is 57.1 Å². The van der Waals surface area contributed by atoms with Crippen molar-refractivity contribution in [1.29, 1.82) is 0 Å². The Balaban J connectivity index is 1.94. The van der Waals surface area contributed by atoms with Crippen LogP contribution in [0.15, 0.2) is 30.3 Å². The molecule has 0 unspecified atom stereocenters. The highest BCUT2D eigenvalue weighted by Gasteiger charge is 2.16. The van der Waals surface area contributed by atoms with Gasteiger partial charge in [0.2, 0.25) is 0 Å². The van der Waals surface area contributed by atoms with Crippen LogP contribution in [0.4, 0.5) is 5.69 Å². The number of methoxy groups -OCH3 is 1. The SMILES string of the molecule is COC(=O)c1cc(Cl)cc(Cl)c1NCCCOc1cc(C)ccc1C. The van der Waals surface area contributed by atoms with Crippen molar-refractivity contribution in [2.24, 2.45) is 0 Å². The van der Waals surface area contributed by atoms with Crippen LogP contribution in [0.25, 0.3) is 0 Å². The molecule has 0 radical (unpaired) electrons. The van der Waals surface area contributed by atoms with E-state index in [0.29, 0.717) is 34.4 Å². The Morgan fingerprint density at radius 3 is 2.64 bits per heavy atom. The lowest BCUT2D eigenvalue weighted by Gasteiger charge is -2.14. The van der Waals surface area contributed by atoms with Crippen molar-refractivity contribution in [2.45, 2.75) is 20.3 Å². The van der Waals surface area contributed by atoms with Crippen LogP contribution in [0.3, 0.4) is 0 Å². The van der Waals surface area contributed by atoms with Gasteiger partial charge in [-0.2, -0.15) is 0 Å². The number of aryl methyl sites for hydroxylation is 2. The lowest BCUT2D eigenvalue weighted by Crippen LogP contribution is -2.12. The molecule has 0 heterocycles. The molecule has 4 nitrogen and oxygen atoms in total. The molecule has 25 heavy (non-hydrogen) atoms. The van der Waals surface area contributed by atoms with Crippen LogP contribution < -0.4 is 10.1 Å². The van der Waals surface area contributed by atoms with E-state index in [0.717, 1.165) is 23.3 Å². The largest absolute Gasteiger partial charge is 0.493 e. The number of carbonyl (C=O) groups is 1. The van der Waals surface area contributed by atoms with E-state index in [2.05, 4.69) is 11.4 Å². The van der Waals surface area contributed by atoms with Gasteiger partial charge in [-0.3, -0.25) is 0 Å². The molecule has 0 aliphatic carbocycles. The van der Waals surface area contributed by atoms with Crippen molar-refractivity contribution in [1.82, 2.24) is 0 Å². The summed E-state index contributed by atoms with van der Waals surface area (Å²) in [6.07, 6.45) is 0.743. The van der Waals surface area contributed by atoms with Crippen LogP contribution in [-0.4, -0.2) is 26.2 Å². The van der Waals surface area contributed by atoms with E-state index in [-0.39, 0.29) is 0 Å². The molecule has 0 spiro atoms. The monoisotopic (exact) mass is 381 g/mol. The average Bonchev–Trinajstić information content (AvgIpc) is 2.58. The highest BCUT2D eigenvalue weighted by molar-refractivity contribution is 6.37. The maximum atomic E-state index is 11.9. The van der Waals surface area contributed by atoms with Crippen molar-refractivity contribution < 1.29 is 14.3 Å². The van der Waals surface area contributed by atoms with E-state index >= 15 is 0 Å². The van der Waals surface area contributed by atoms with Gasteiger partial charge in [-0.25, -0.2) is 4.79 Å². The van der Waals surface area contributed by atoms with Gasteiger partial charge in [-0.05, 0) is 49.6 Å². The molecule has 0 saturated heterocycles. The van der Waals surface area contributed by atoms with Gasteiger partial charge >= 0.3 is 5.97 Å². The molecule has 1 N–H and O–H groups in total. The molecule has 2 rings (SSSR count). The standard InChI is InChI=1S/C19H21Cl2NO3/c1-12-5-6-13(2)17(9-12)25-8-4-7-22-18-15(19(23)24-3)10-14(20)11-16(18)21/h5-6,9-11,22H,4,7-8H2,1-3H3. The third-order valence-corrected chi connectivity index (χ3v) is 4.20. The summed E-state index contributed by atoms with van der Waals surface area (Å²) < 4.78 is 10.6. The molecule has 0 fully saturated rings. The molecular formula is C19H21Cl2NO3. The maximum Gasteiger partial charge on any atom is 0.340 e. The van der Waals surface area contributed by atoms with E-state index in [1.807, 2.05) is 26.0 Å². The van der Waals surface area contributed by atoms with Crippen LogP contribution in [-0.2, 0) is 4.74 Å². The van der Waals surface area contributed by atoms with Crippen LogP contribution in [0.2, 0.25) is 10.0 Å². The first kappa shape index (κ1) is 19.4. The predicted molar refractivity (Wildman–Crippen MR) is 102 cm³/mol. The lowest BCUT2D eigenvalue weighted by atomic mass is 10.1. The molecule has 0 bridgehead atoms. The fraction of sp³-hybridized carbons (Fsp3) is 0.316. The zero-order chi connectivity index (χ0) is 18.4. The second-order valence-corrected chi connectivity index (χ2v) is 6.54. The number of nitrogens with one attached hydrogen (secondary N) is 1. The number of esters is 1. The number of benzene rings is 2. The summed E-state index contributed by atoms with van der Waals surface area (Å²) in [5.41, 5.74) is 3.10. The first-order valence-electron chi connectivity index (χ1n) is 7.93. The van der Waals surface area contributed by atoms with Crippen molar-refractivity contribution in [3.8, 4) is 5.75 Å². The number of ether oxygens (including phenoxy) is 2. The van der Waals surface area contributed by atoms with E-state index < -0.39 is 5.97 Å². The molecule has 0 amide bonds. The summed E-state index contributed by atoms with van der Waals surface area (Å²) in [6, 6.07) is 9.24. The first-order valence-corrected chi connectivity index (χ1v) is 8.69. The number of hydrogen-bond acceptors (Lipinski definition) is 4. The Morgan fingerprint density at radius 1 is 1.16 bits per heavy atom. The molecule has 0 aromatic heterocycles. The normalized spacial score (nSPS) is 10.4. The van der Waals surface area contributed by atoms with Gasteiger partial charge in [0.05, 0.1) is 30.0 Å². The lowest BCUT2D eigenvalue weighted by molar-refractivity contribution is 0.0602. The van der Waals surface area contributed by atoms with Crippen LogP contribution in [0.1, 0.15) is 27.9 Å². The third kappa shape index (κ3) is 5.28. The van der Waals surface area contributed by atoms with Gasteiger partial charge in [0.15, 0.2) is 0 Å². The average molecular weight is 382 g/mol. The summed E-state index contributed by atoms with van der Waals surface area (Å²) in [6.45, 7) is 5.19. The third-order valence-electron chi connectivity index (χ3n) is 3.68. The van der Waals surface area contributed by atoms with Crippen molar-refractivity contribution >= 4 is 34.9 Å². The van der Waals surface area contributed by atoms with Gasteiger partial charge in [-0.1, -0.05) is 35.3 Å². The Bertz CT molecular complexity index is 763. The quantitative estimate of drug-likeness (QED) is 0.523. The van der Waals surface area contributed by atoms with Gasteiger partial charge in [0.1, 0.15) is 5.75 Å². The predicted octanol–water partition coefficient (Wildman–Crippen LogP) is 5.28. The summed E-state index contributed by atoms with van der Waals surface area (Å²) in [5, 5.41) is 3.93. The van der Waals surface area contributed by atoms with Gasteiger partial charge in [0.25, 0.3) is 0 Å². The molecular weight excluding hydrogens is 361 g/mol. The fourth-order valence-corrected chi connectivity index (χ4v) is 2.91. The highest BCUT2D eigenvalue weighted by Crippen LogP contribution is 2.30. The Kier molecular flexibility index (Phi) is 6.97. The zero-order valence-electron chi connectivity index (χ0n) is 14.5. The van der Waals surface area contributed by atoms with Crippen LogP contribution in [0.5, 0.6) is 5.75 Å². The van der Waals surface area contributed by atoms with Crippen LogP contribution >= 0.6 is 23.2 Å². The molecule has 2 aromatic carbocycles. The number of halogens is 2. The highest BCUT2D eigenvalue weighted by atomic mass is 35.5. The molecule has 0 atom stereocenters. The second-order valence-electron chi connectivity index (χ2n) is 5.70. The van der Waals surface area contributed by atoms with Gasteiger partial charge < -0.3 is 14.8 Å². The first-order chi connectivity index (χ1) is 11.9. The van der Waals surface area contributed by atoms with Crippen LogP contribution in [0, 0.1) is 13.8 Å². The Labute approximate surface area is 158 Å². The molecule has 0 aliphatic rings. The Morgan fingerprint density at radius 2 is 1.92 bits per heavy atom. The number of rotatable bonds is 7. The molecule has 2 aromatic rings. The van der Waals surface area contributed by atoms with Gasteiger partial charge in [0, 0.05) is 11.6 Å². The summed E-state index contributed by atoms with van der Waals surface area (Å²) in [5.74, 6) is 0.401. The minimum atomic E-state index is -0.487. The Hall–Kier alpha value is -1.91. The topological polar surface area (TPSA) is 47.6 Å². The minimum Gasteiger partial charge on any atom is -0.493 e. The summed E-state index contributed by atoms with van der Waals surface area (Å²) >= 11 is 12.2. The molecule has 134 valence electrons. The molecule has 0 saturated carbocycles. The van der Waals surface area contributed by atoms with E-state index in [9.17, 15) is 4.79 Å². The minimum absolute atomic E-state index is 0.315. The van der Waals surface area contributed by atoms with Crippen molar-refractivity contribution in [3.63, 3.8) is 0 Å². The van der Waals surface area contributed by atoms with E-state index in [4.69, 9.17) is 32.7 Å². The molecule has 6 heteroatoms. The smallest absolute Gasteiger partial charge is 0.340 e.